The van der Waals surface area contributed by atoms with Crippen LogP contribution in [0.3, 0.4) is 0 Å². The Kier molecular flexibility index (Phi) is 5.93. The third kappa shape index (κ3) is 5.04. The number of carbonyl (C=O) groups is 1. The molecule has 8 heteroatoms. The lowest BCUT2D eigenvalue weighted by Gasteiger charge is -2.35. The number of rotatable bonds is 5. The van der Waals surface area contributed by atoms with Gasteiger partial charge in [-0.05, 0) is 45.2 Å². The zero-order valence-corrected chi connectivity index (χ0v) is 16.5. The summed E-state index contributed by atoms with van der Waals surface area (Å²) in [5.41, 5.74) is 0.556. The average Bonchev–Trinajstić information content (AvgIpc) is 3.07. The van der Waals surface area contributed by atoms with E-state index in [0.717, 1.165) is 61.7 Å². The summed E-state index contributed by atoms with van der Waals surface area (Å²) in [5, 5.41) is 5.45. The molecule has 3 rings (SSSR count). The molecule has 1 fully saturated rings. The fraction of sp³-hybridized carbons (Fsp3) is 0.611. The normalized spacial score (nSPS) is 16.0. The molecule has 3 heterocycles. The molecule has 0 aliphatic carbocycles. The number of ether oxygens (including phenoxy) is 1. The third-order valence-electron chi connectivity index (χ3n) is 4.21. The predicted molar refractivity (Wildman–Crippen MR) is 105 cm³/mol. The minimum atomic E-state index is -0.436. The molecule has 0 unspecified atom stereocenters. The van der Waals surface area contributed by atoms with E-state index in [2.05, 4.69) is 20.2 Å². The summed E-state index contributed by atoms with van der Waals surface area (Å²) in [6.45, 7) is 10.8. The first-order valence-corrected chi connectivity index (χ1v) is 9.93. The molecule has 26 heavy (non-hydrogen) atoms. The van der Waals surface area contributed by atoms with Gasteiger partial charge in [0.2, 0.25) is 0 Å². The fourth-order valence-corrected chi connectivity index (χ4v) is 3.72. The van der Waals surface area contributed by atoms with E-state index in [0.29, 0.717) is 0 Å². The number of hydrogen-bond acceptors (Lipinski definition) is 7. The summed E-state index contributed by atoms with van der Waals surface area (Å²) >= 11 is 1.66. The van der Waals surface area contributed by atoms with Crippen molar-refractivity contribution in [3.05, 3.63) is 17.8 Å². The van der Waals surface area contributed by atoms with Crippen LogP contribution in [-0.4, -0.2) is 70.7 Å². The Morgan fingerprint density at radius 1 is 1.27 bits per heavy atom. The van der Waals surface area contributed by atoms with Gasteiger partial charge in [-0.15, -0.1) is 11.3 Å². The number of nitrogens with one attached hydrogen (secondary N) is 1. The topological polar surface area (TPSA) is 70.6 Å². The van der Waals surface area contributed by atoms with Crippen LogP contribution in [0.5, 0.6) is 0 Å². The predicted octanol–water partition coefficient (Wildman–Crippen LogP) is 3.05. The summed E-state index contributed by atoms with van der Waals surface area (Å²) in [4.78, 5) is 24.9. The first-order chi connectivity index (χ1) is 12.4. The highest BCUT2D eigenvalue weighted by Crippen LogP contribution is 2.24. The van der Waals surface area contributed by atoms with Crippen LogP contribution in [0.25, 0.3) is 10.2 Å². The number of nitrogens with zero attached hydrogens (tertiary/aromatic N) is 4. The Morgan fingerprint density at radius 2 is 2.04 bits per heavy atom. The van der Waals surface area contributed by atoms with Gasteiger partial charge in [0, 0.05) is 32.7 Å². The molecule has 0 aromatic carbocycles. The highest BCUT2D eigenvalue weighted by Gasteiger charge is 2.25. The number of amides is 1. The lowest BCUT2D eigenvalue weighted by atomic mass is 10.2. The monoisotopic (exact) mass is 377 g/mol. The zero-order chi connectivity index (χ0) is 18.6. The van der Waals surface area contributed by atoms with Gasteiger partial charge in [0.05, 0.1) is 10.2 Å². The molecule has 0 saturated carbocycles. The fourth-order valence-electron chi connectivity index (χ4n) is 2.90. The van der Waals surface area contributed by atoms with Crippen LogP contribution in [-0.2, 0) is 4.74 Å². The van der Waals surface area contributed by atoms with E-state index in [1.807, 2.05) is 32.2 Å². The maximum atomic E-state index is 12.1. The van der Waals surface area contributed by atoms with Gasteiger partial charge in [-0.25, -0.2) is 14.8 Å². The lowest BCUT2D eigenvalue weighted by molar-refractivity contribution is 0.0145. The van der Waals surface area contributed by atoms with Gasteiger partial charge < -0.3 is 15.0 Å². The van der Waals surface area contributed by atoms with Crippen molar-refractivity contribution in [2.45, 2.75) is 32.8 Å². The number of fused-ring (bicyclic) bond motifs is 1. The molecule has 1 aliphatic heterocycles. The molecule has 1 amide bonds. The Balaban J connectivity index is 1.37. The van der Waals surface area contributed by atoms with E-state index in [9.17, 15) is 4.79 Å². The molecule has 2 aromatic heterocycles. The van der Waals surface area contributed by atoms with E-state index >= 15 is 0 Å². The second-order valence-corrected chi connectivity index (χ2v) is 8.36. The number of anilines is 1. The third-order valence-corrected chi connectivity index (χ3v) is 5.12. The SMILES string of the molecule is CC(C)(C)OC(=O)N1CCN(CCCNc2ncnc3ccsc23)CC1. The molecule has 0 radical (unpaired) electrons. The number of hydrogen-bond donors (Lipinski definition) is 1. The Bertz CT molecular complexity index is 735. The Labute approximate surface area is 158 Å². The lowest BCUT2D eigenvalue weighted by Crippen LogP contribution is -2.50. The van der Waals surface area contributed by atoms with E-state index in [1.54, 1.807) is 22.6 Å². The van der Waals surface area contributed by atoms with Gasteiger partial charge >= 0.3 is 6.09 Å². The number of thiophene rings is 1. The van der Waals surface area contributed by atoms with E-state index in [1.165, 1.54) is 0 Å². The maximum absolute atomic E-state index is 12.1. The van der Waals surface area contributed by atoms with Crippen molar-refractivity contribution in [3.8, 4) is 0 Å². The van der Waals surface area contributed by atoms with Crippen molar-refractivity contribution in [1.82, 2.24) is 19.8 Å². The summed E-state index contributed by atoms with van der Waals surface area (Å²) in [6.07, 6.45) is 2.43. The summed E-state index contributed by atoms with van der Waals surface area (Å²) in [5.74, 6) is 0.916. The minimum Gasteiger partial charge on any atom is -0.444 e. The quantitative estimate of drug-likeness (QED) is 0.808. The summed E-state index contributed by atoms with van der Waals surface area (Å²) < 4.78 is 6.55. The molecule has 7 nitrogen and oxygen atoms in total. The average molecular weight is 378 g/mol. The number of carbonyl (C=O) groups excluding carboxylic acids is 1. The molecular weight excluding hydrogens is 350 g/mol. The Morgan fingerprint density at radius 3 is 2.77 bits per heavy atom. The van der Waals surface area contributed by atoms with Crippen molar-refractivity contribution in [3.63, 3.8) is 0 Å². The van der Waals surface area contributed by atoms with Crippen molar-refractivity contribution < 1.29 is 9.53 Å². The minimum absolute atomic E-state index is 0.206. The van der Waals surface area contributed by atoms with E-state index in [4.69, 9.17) is 4.74 Å². The molecular formula is C18H27N5O2S. The molecule has 1 aliphatic rings. The molecule has 0 spiro atoms. The van der Waals surface area contributed by atoms with Crippen LogP contribution < -0.4 is 5.32 Å². The first kappa shape index (κ1) is 18.8. The van der Waals surface area contributed by atoms with Crippen molar-refractivity contribution in [2.24, 2.45) is 0 Å². The summed E-state index contributed by atoms with van der Waals surface area (Å²) in [7, 11) is 0. The maximum Gasteiger partial charge on any atom is 0.410 e. The molecule has 1 N–H and O–H groups in total. The second kappa shape index (κ2) is 8.18. The van der Waals surface area contributed by atoms with Gasteiger partial charge in [-0.3, -0.25) is 4.90 Å². The van der Waals surface area contributed by atoms with Crippen LogP contribution >= 0.6 is 11.3 Å². The van der Waals surface area contributed by atoms with E-state index < -0.39 is 5.60 Å². The van der Waals surface area contributed by atoms with Crippen molar-refractivity contribution in [2.75, 3.05) is 44.6 Å². The number of piperazine rings is 1. The van der Waals surface area contributed by atoms with E-state index in [-0.39, 0.29) is 6.09 Å². The van der Waals surface area contributed by atoms with Crippen LogP contribution in [0.1, 0.15) is 27.2 Å². The van der Waals surface area contributed by atoms with Crippen LogP contribution in [0, 0.1) is 0 Å². The second-order valence-electron chi connectivity index (χ2n) is 7.45. The standard InChI is InChI=1S/C18H27N5O2S/c1-18(2,3)25-17(24)23-10-8-22(9-11-23)7-4-6-19-16-15-14(5-12-26-15)20-13-21-16/h5,12-13H,4,6-11H2,1-3H3,(H,19,20,21). The largest absolute Gasteiger partial charge is 0.444 e. The molecule has 2 aromatic rings. The highest BCUT2D eigenvalue weighted by atomic mass is 32.1. The highest BCUT2D eigenvalue weighted by molar-refractivity contribution is 7.17. The van der Waals surface area contributed by atoms with Crippen LogP contribution in [0.2, 0.25) is 0 Å². The first-order valence-electron chi connectivity index (χ1n) is 9.05. The summed E-state index contributed by atoms with van der Waals surface area (Å²) in [6, 6.07) is 2.01. The van der Waals surface area contributed by atoms with Crippen LogP contribution in [0.15, 0.2) is 17.8 Å². The van der Waals surface area contributed by atoms with Gasteiger partial charge in [0.15, 0.2) is 0 Å². The van der Waals surface area contributed by atoms with Crippen LogP contribution in [0.4, 0.5) is 10.6 Å². The Hall–Kier alpha value is -1.93. The number of aromatic nitrogens is 2. The zero-order valence-electron chi connectivity index (χ0n) is 15.7. The molecule has 142 valence electrons. The van der Waals surface area contributed by atoms with Gasteiger partial charge in [-0.1, -0.05) is 0 Å². The van der Waals surface area contributed by atoms with Crippen molar-refractivity contribution >= 4 is 33.5 Å². The molecule has 0 bridgehead atoms. The van der Waals surface area contributed by atoms with Crippen molar-refractivity contribution in [1.29, 1.82) is 0 Å². The molecule has 0 atom stereocenters. The van der Waals surface area contributed by atoms with Gasteiger partial charge in [0.1, 0.15) is 17.7 Å². The smallest absolute Gasteiger partial charge is 0.410 e. The molecule has 1 saturated heterocycles. The van der Waals surface area contributed by atoms with Gasteiger partial charge in [0.25, 0.3) is 0 Å². The van der Waals surface area contributed by atoms with Gasteiger partial charge in [-0.2, -0.15) is 0 Å².